The molecule has 0 aliphatic rings. The Hall–Kier alpha value is -3.48. The Bertz CT molecular complexity index is 1020. The van der Waals surface area contributed by atoms with Gasteiger partial charge in [0, 0.05) is 26.0 Å². The third kappa shape index (κ3) is 3.06. The molecule has 1 N–H and O–H groups in total. The van der Waals surface area contributed by atoms with Crippen LogP contribution < -0.4 is 10.2 Å². The zero-order valence-corrected chi connectivity index (χ0v) is 14.7. The Labute approximate surface area is 151 Å². The summed E-state index contributed by atoms with van der Waals surface area (Å²) in [6.45, 7) is 0.594. The molecule has 7 heteroatoms. The highest BCUT2D eigenvalue weighted by atomic mass is 15.6. The summed E-state index contributed by atoms with van der Waals surface area (Å²) < 4.78 is 1.69. The van der Waals surface area contributed by atoms with Crippen molar-refractivity contribution in [1.82, 2.24) is 25.2 Å². The first-order chi connectivity index (χ1) is 12.7. The lowest BCUT2D eigenvalue weighted by Crippen LogP contribution is -2.13. The van der Waals surface area contributed by atoms with Crippen molar-refractivity contribution < 1.29 is 0 Å². The van der Waals surface area contributed by atoms with Gasteiger partial charge < -0.3 is 10.2 Å². The number of fused-ring (bicyclic) bond motifs is 1. The largest absolute Gasteiger partial charge is 0.363 e. The number of nitrogens with one attached hydrogen (secondary N) is 1. The van der Waals surface area contributed by atoms with E-state index in [1.807, 2.05) is 67.5 Å². The molecular weight excluding hydrogens is 326 g/mol. The first kappa shape index (κ1) is 16.0. The number of benzene rings is 2. The van der Waals surface area contributed by atoms with Crippen molar-refractivity contribution in [2.24, 2.45) is 0 Å². The lowest BCUT2D eigenvalue weighted by atomic mass is 10.1. The number of aromatic nitrogens is 5. The van der Waals surface area contributed by atoms with Crippen molar-refractivity contribution >= 4 is 22.7 Å². The number of anilines is 2. The van der Waals surface area contributed by atoms with E-state index in [9.17, 15) is 0 Å². The average molecular weight is 345 g/mol. The smallest absolute Gasteiger partial charge is 0.248 e. The van der Waals surface area contributed by atoms with Gasteiger partial charge >= 0.3 is 0 Å². The summed E-state index contributed by atoms with van der Waals surface area (Å²) in [4.78, 5) is 6.70. The third-order valence-electron chi connectivity index (χ3n) is 4.15. The van der Waals surface area contributed by atoms with Crippen molar-refractivity contribution in [2.45, 2.75) is 6.54 Å². The Balaban J connectivity index is 1.66. The van der Waals surface area contributed by atoms with Crippen molar-refractivity contribution in [3.8, 4) is 5.69 Å². The maximum absolute atomic E-state index is 4.70. The highest BCUT2D eigenvalue weighted by Crippen LogP contribution is 2.23. The highest BCUT2D eigenvalue weighted by Gasteiger charge is 2.10. The van der Waals surface area contributed by atoms with Crippen LogP contribution in [-0.2, 0) is 6.54 Å². The molecular formula is C19H19N7. The summed E-state index contributed by atoms with van der Waals surface area (Å²) in [6, 6.07) is 20.0. The van der Waals surface area contributed by atoms with Crippen LogP contribution in [0.2, 0.25) is 0 Å². The van der Waals surface area contributed by atoms with Gasteiger partial charge in [0.15, 0.2) is 0 Å². The molecule has 7 nitrogen and oxygen atoms in total. The topological polar surface area (TPSA) is 71.8 Å². The molecule has 2 heterocycles. The first-order valence-electron chi connectivity index (χ1n) is 8.36. The van der Waals surface area contributed by atoms with Crippen molar-refractivity contribution in [3.63, 3.8) is 0 Å². The van der Waals surface area contributed by atoms with Crippen LogP contribution in [0.25, 0.3) is 16.6 Å². The summed E-state index contributed by atoms with van der Waals surface area (Å²) in [5.74, 6) is 1.52. The van der Waals surface area contributed by atoms with Gasteiger partial charge in [-0.15, -0.1) is 0 Å². The minimum absolute atomic E-state index is 0.594. The average Bonchev–Trinajstić information content (AvgIpc) is 3.15. The minimum Gasteiger partial charge on any atom is -0.363 e. The van der Waals surface area contributed by atoms with Gasteiger partial charge in [0.25, 0.3) is 0 Å². The van der Waals surface area contributed by atoms with Gasteiger partial charge in [-0.05, 0) is 40.3 Å². The van der Waals surface area contributed by atoms with Crippen LogP contribution >= 0.6 is 0 Å². The monoisotopic (exact) mass is 345 g/mol. The maximum Gasteiger partial charge on any atom is 0.248 e. The predicted octanol–water partition coefficient (Wildman–Crippen LogP) is 2.89. The van der Waals surface area contributed by atoms with Crippen LogP contribution in [0.4, 0.5) is 11.8 Å². The molecule has 0 unspecified atom stereocenters. The van der Waals surface area contributed by atoms with Crippen LogP contribution in [0.3, 0.4) is 0 Å². The number of nitrogens with zero attached hydrogens (tertiary/aromatic N) is 6. The zero-order chi connectivity index (χ0) is 17.9. The summed E-state index contributed by atoms with van der Waals surface area (Å²) >= 11 is 0. The minimum atomic E-state index is 0.594. The van der Waals surface area contributed by atoms with E-state index in [-0.39, 0.29) is 0 Å². The molecule has 0 aliphatic carbocycles. The number of pyridine rings is 1. The van der Waals surface area contributed by atoms with Gasteiger partial charge in [-0.1, -0.05) is 41.5 Å². The lowest BCUT2D eigenvalue weighted by Gasteiger charge is -2.15. The Morgan fingerprint density at radius 2 is 1.77 bits per heavy atom. The number of tetrazole rings is 1. The van der Waals surface area contributed by atoms with Crippen LogP contribution in [0, 0.1) is 0 Å². The fraction of sp³-hybridized carbons (Fsp3) is 0.158. The molecule has 26 heavy (non-hydrogen) atoms. The van der Waals surface area contributed by atoms with Crippen molar-refractivity contribution in [1.29, 1.82) is 0 Å². The highest BCUT2D eigenvalue weighted by molar-refractivity contribution is 5.84. The summed E-state index contributed by atoms with van der Waals surface area (Å²) in [5.41, 5.74) is 3.02. The van der Waals surface area contributed by atoms with Crippen LogP contribution in [0.15, 0.2) is 60.7 Å². The number of para-hydroxylation sites is 2. The summed E-state index contributed by atoms with van der Waals surface area (Å²) in [6.07, 6.45) is 0. The van der Waals surface area contributed by atoms with E-state index < -0.39 is 0 Å². The van der Waals surface area contributed by atoms with Crippen molar-refractivity contribution in [3.05, 3.63) is 66.2 Å². The third-order valence-corrected chi connectivity index (χ3v) is 4.15. The van der Waals surface area contributed by atoms with Gasteiger partial charge in [-0.25, -0.2) is 4.98 Å². The second kappa shape index (κ2) is 6.79. The van der Waals surface area contributed by atoms with E-state index in [2.05, 4.69) is 33.0 Å². The van der Waals surface area contributed by atoms with Gasteiger partial charge in [-0.3, -0.25) is 0 Å². The Morgan fingerprint density at radius 3 is 2.58 bits per heavy atom. The summed E-state index contributed by atoms with van der Waals surface area (Å²) in [5, 5.41) is 16.5. The predicted molar refractivity (Wildman–Crippen MR) is 103 cm³/mol. The van der Waals surface area contributed by atoms with E-state index in [4.69, 9.17) is 4.98 Å². The molecule has 0 amide bonds. The Morgan fingerprint density at radius 1 is 1.00 bits per heavy atom. The molecule has 0 saturated carbocycles. The van der Waals surface area contributed by atoms with Gasteiger partial charge in [0.1, 0.15) is 5.82 Å². The van der Waals surface area contributed by atoms with Crippen LogP contribution in [0.5, 0.6) is 0 Å². The fourth-order valence-electron chi connectivity index (χ4n) is 2.82. The molecule has 130 valence electrons. The molecule has 2 aromatic carbocycles. The molecule has 4 rings (SSSR count). The van der Waals surface area contributed by atoms with E-state index in [0.29, 0.717) is 12.5 Å². The van der Waals surface area contributed by atoms with E-state index in [0.717, 1.165) is 28.0 Å². The van der Waals surface area contributed by atoms with E-state index >= 15 is 0 Å². The fourth-order valence-corrected chi connectivity index (χ4v) is 2.82. The van der Waals surface area contributed by atoms with E-state index in [1.54, 1.807) is 4.68 Å². The molecule has 0 spiro atoms. The second-order valence-electron chi connectivity index (χ2n) is 6.15. The number of hydrogen-bond donors (Lipinski definition) is 1. The van der Waals surface area contributed by atoms with Crippen LogP contribution in [-0.4, -0.2) is 39.3 Å². The van der Waals surface area contributed by atoms with Gasteiger partial charge in [0.05, 0.1) is 11.2 Å². The molecule has 0 atom stereocenters. The Kier molecular flexibility index (Phi) is 4.18. The number of rotatable bonds is 5. The SMILES string of the molecule is CN(C)c1cc(CNc2nnnn2-c2ccccc2)c2ccccc2n1. The molecule has 2 aromatic heterocycles. The molecule has 4 aromatic rings. The lowest BCUT2D eigenvalue weighted by molar-refractivity contribution is 0.789. The van der Waals surface area contributed by atoms with Gasteiger partial charge in [0.2, 0.25) is 5.95 Å². The molecule has 0 aliphatic heterocycles. The maximum atomic E-state index is 4.70. The molecule has 0 radical (unpaired) electrons. The standard InChI is InChI=1S/C19H19N7/c1-25(2)18-12-14(16-10-6-7-11-17(16)21-18)13-20-19-22-23-24-26(19)15-8-4-3-5-9-15/h3-12H,13H2,1-2H3,(H,20,22,24). The van der Waals surface area contributed by atoms with Crippen molar-refractivity contribution in [2.75, 3.05) is 24.3 Å². The molecule has 0 saturated heterocycles. The molecule has 0 bridgehead atoms. The van der Waals surface area contributed by atoms with E-state index in [1.165, 1.54) is 0 Å². The summed E-state index contributed by atoms with van der Waals surface area (Å²) in [7, 11) is 3.98. The normalized spacial score (nSPS) is 10.8. The van der Waals surface area contributed by atoms with Crippen LogP contribution in [0.1, 0.15) is 5.56 Å². The zero-order valence-electron chi connectivity index (χ0n) is 14.7. The second-order valence-corrected chi connectivity index (χ2v) is 6.15. The molecule has 0 fully saturated rings. The van der Waals surface area contributed by atoms with Gasteiger partial charge in [-0.2, -0.15) is 4.68 Å². The first-order valence-corrected chi connectivity index (χ1v) is 8.36. The number of hydrogen-bond acceptors (Lipinski definition) is 6. The quantitative estimate of drug-likeness (QED) is 0.600.